The number of hydrogen-bond donors (Lipinski definition) is 2. The number of Topliss-reactive ketones (excluding diaryl/α,β-unsaturated/α-hetero) is 1. The maximum absolute atomic E-state index is 11.7. The molecule has 0 aliphatic carbocycles. The third kappa shape index (κ3) is 3.88. The zero-order chi connectivity index (χ0) is 14.4. The van der Waals surface area contributed by atoms with Gasteiger partial charge in [-0.3, -0.25) is 4.79 Å². The molecule has 2 N–H and O–H groups in total. The lowest BCUT2D eigenvalue weighted by atomic mass is 10.1. The second-order valence-corrected chi connectivity index (χ2v) is 4.15. The fourth-order valence-corrected chi connectivity index (χ4v) is 1.58. The predicted octanol–water partition coefficient (Wildman–Crippen LogP) is 2.00. The van der Waals surface area contributed by atoms with Crippen LogP contribution in [0.15, 0.2) is 42.9 Å². The molecule has 2 aromatic rings. The minimum absolute atomic E-state index is 0.0463. The van der Waals surface area contributed by atoms with Crippen molar-refractivity contribution in [1.29, 1.82) is 0 Å². The number of rotatable bonds is 4. The van der Waals surface area contributed by atoms with Crippen molar-refractivity contribution in [3.8, 4) is 0 Å². The Morgan fingerprint density at radius 2 is 2.10 bits per heavy atom. The molecule has 0 aliphatic heterocycles. The van der Waals surface area contributed by atoms with Gasteiger partial charge in [-0.25, -0.2) is 14.8 Å². The molecule has 0 fully saturated rings. The number of aromatic nitrogens is 2. The standard InChI is InChI=1S/C14H14N4O2/c1-10(19)11-3-2-4-12(7-11)18-14(20)16-8-13-5-6-15-9-17-13/h2-7,9H,8H2,1H3,(H2,16,18,20). The Balaban J connectivity index is 1.91. The lowest BCUT2D eigenvalue weighted by Gasteiger charge is -2.08. The molecule has 0 radical (unpaired) electrons. The molecule has 1 aromatic heterocycles. The van der Waals surface area contributed by atoms with E-state index in [0.29, 0.717) is 23.5 Å². The number of ketones is 1. The Bertz CT molecular complexity index is 614. The van der Waals surface area contributed by atoms with Crippen LogP contribution in [-0.2, 0) is 6.54 Å². The van der Waals surface area contributed by atoms with Crippen LogP contribution in [0.5, 0.6) is 0 Å². The number of benzene rings is 1. The van der Waals surface area contributed by atoms with Gasteiger partial charge in [-0.15, -0.1) is 0 Å². The van der Waals surface area contributed by atoms with Crippen LogP contribution in [0.25, 0.3) is 0 Å². The van der Waals surface area contributed by atoms with Crippen molar-refractivity contribution in [3.63, 3.8) is 0 Å². The van der Waals surface area contributed by atoms with Gasteiger partial charge >= 0.3 is 6.03 Å². The second kappa shape index (κ2) is 6.42. The molecule has 2 rings (SSSR count). The Labute approximate surface area is 116 Å². The first-order valence-electron chi connectivity index (χ1n) is 6.06. The van der Waals surface area contributed by atoms with E-state index in [0.717, 1.165) is 0 Å². The Morgan fingerprint density at radius 1 is 1.25 bits per heavy atom. The summed E-state index contributed by atoms with van der Waals surface area (Å²) in [7, 11) is 0. The highest BCUT2D eigenvalue weighted by Crippen LogP contribution is 2.10. The van der Waals surface area contributed by atoms with Gasteiger partial charge in [0.15, 0.2) is 5.78 Å². The zero-order valence-electron chi connectivity index (χ0n) is 11.0. The first-order chi connectivity index (χ1) is 9.65. The number of carbonyl (C=O) groups excluding carboxylic acids is 2. The minimum atomic E-state index is -0.357. The summed E-state index contributed by atoms with van der Waals surface area (Å²) >= 11 is 0. The topological polar surface area (TPSA) is 84.0 Å². The number of carbonyl (C=O) groups is 2. The van der Waals surface area contributed by atoms with Crippen molar-refractivity contribution in [2.24, 2.45) is 0 Å². The van der Waals surface area contributed by atoms with Gasteiger partial charge in [0.1, 0.15) is 6.33 Å². The van der Waals surface area contributed by atoms with Crippen LogP contribution in [0.2, 0.25) is 0 Å². The van der Waals surface area contributed by atoms with Crippen LogP contribution in [0.3, 0.4) is 0 Å². The van der Waals surface area contributed by atoms with E-state index >= 15 is 0 Å². The molecule has 6 nitrogen and oxygen atoms in total. The largest absolute Gasteiger partial charge is 0.332 e. The van der Waals surface area contributed by atoms with Gasteiger partial charge in [-0.2, -0.15) is 0 Å². The van der Waals surface area contributed by atoms with Crippen LogP contribution < -0.4 is 10.6 Å². The van der Waals surface area contributed by atoms with Crippen molar-refractivity contribution in [2.45, 2.75) is 13.5 Å². The lowest BCUT2D eigenvalue weighted by Crippen LogP contribution is -2.28. The summed E-state index contributed by atoms with van der Waals surface area (Å²) in [5.41, 5.74) is 1.84. The molecule has 0 saturated carbocycles. The maximum atomic E-state index is 11.7. The first-order valence-corrected chi connectivity index (χ1v) is 6.06. The number of urea groups is 1. The number of amides is 2. The number of nitrogens with one attached hydrogen (secondary N) is 2. The Kier molecular flexibility index (Phi) is 4.39. The van der Waals surface area contributed by atoms with Crippen LogP contribution in [0, 0.1) is 0 Å². The fraction of sp³-hybridized carbons (Fsp3) is 0.143. The van der Waals surface area contributed by atoms with E-state index in [4.69, 9.17) is 0 Å². The van der Waals surface area contributed by atoms with Gasteiger partial charge in [0.05, 0.1) is 12.2 Å². The Morgan fingerprint density at radius 3 is 2.80 bits per heavy atom. The number of nitrogens with zero attached hydrogens (tertiary/aromatic N) is 2. The number of hydrogen-bond acceptors (Lipinski definition) is 4. The second-order valence-electron chi connectivity index (χ2n) is 4.15. The summed E-state index contributed by atoms with van der Waals surface area (Å²) in [6.45, 7) is 1.79. The molecule has 0 aliphatic rings. The van der Waals surface area contributed by atoms with E-state index in [1.165, 1.54) is 13.3 Å². The molecular weight excluding hydrogens is 256 g/mol. The van der Waals surface area contributed by atoms with E-state index in [1.54, 1.807) is 36.5 Å². The van der Waals surface area contributed by atoms with Gasteiger partial charge in [0.2, 0.25) is 0 Å². The maximum Gasteiger partial charge on any atom is 0.319 e. The molecule has 2 amide bonds. The van der Waals surface area contributed by atoms with Gasteiger partial charge < -0.3 is 10.6 Å². The van der Waals surface area contributed by atoms with Crippen LogP contribution in [0.1, 0.15) is 23.0 Å². The molecular formula is C14H14N4O2. The Hall–Kier alpha value is -2.76. The lowest BCUT2D eigenvalue weighted by molar-refractivity contribution is 0.101. The first kappa shape index (κ1) is 13.7. The van der Waals surface area contributed by atoms with E-state index in [1.807, 2.05) is 0 Å². The van der Waals surface area contributed by atoms with Gasteiger partial charge in [-0.05, 0) is 25.1 Å². The van der Waals surface area contributed by atoms with Crippen LogP contribution in [0.4, 0.5) is 10.5 Å². The van der Waals surface area contributed by atoms with Crippen molar-refractivity contribution in [2.75, 3.05) is 5.32 Å². The average Bonchev–Trinajstić information content (AvgIpc) is 2.46. The van der Waals surface area contributed by atoms with E-state index < -0.39 is 0 Å². The highest BCUT2D eigenvalue weighted by atomic mass is 16.2. The summed E-state index contributed by atoms with van der Waals surface area (Å²) in [5.74, 6) is -0.0463. The van der Waals surface area contributed by atoms with E-state index in [2.05, 4.69) is 20.6 Å². The summed E-state index contributed by atoms with van der Waals surface area (Å²) in [6, 6.07) is 8.13. The molecule has 0 unspecified atom stereocenters. The quantitative estimate of drug-likeness (QED) is 0.832. The normalized spacial score (nSPS) is 9.85. The van der Waals surface area contributed by atoms with Gasteiger partial charge in [-0.1, -0.05) is 12.1 Å². The molecule has 0 bridgehead atoms. The van der Waals surface area contributed by atoms with Crippen molar-refractivity contribution in [1.82, 2.24) is 15.3 Å². The molecule has 1 heterocycles. The smallest absolute Gasteiger partial charge is 0.319 e. The average molecular weight is 270 g/mol. The zero-order valence-corrected chi connectivity index (χ0v) is 11.0. The van der Waals surface area contributed by atoms with Crippen molar-refractivity contribution >= 4 is 17.5 Å². The molecule has 20 heavy (non-hydrogen) atoms. The molecule has 0 saturated heterocycles. The van der Waals surface area contributed by atoms with Gasteiger partial charge in [0, 0.05) is 17.4 Å². The minimum Gasteiger partial charge on any atom is -0.332 e. The van der Waals surface area contributed by atoms with Crippen LogP contribution >= 0.6 is 0 Å². The summed E-state index contributed by atoms with van der Waals surface area (Å²) in [5, 5.41) is 5.33. The third-order valence-corrected chi connectivity index (χ3v) is 2.60. The molecule has 102 valence electrons. The van der Waals surface area contributed by atoms with Crippen LogP contribution in [-0.4, -0.2) is 21.8 Å². The molecule has 6 heteroatoms. The summed E-state index contributed by atoms with van der Waals surface area (Å²) in [4.78, 5) is 30.8. The van der Waals surface area contributed by atoms with Gasteiger partial charge in [0.25, 0.3) is 0 Å². The SMILES string of the molecule is CC(=O)c1cccc(NC(=O)NCc2ccncn2)c1. The summed E-state index contributed by atoms with van der Waals surface area (Å²) < 4.78 is 0. The monoisotopic (exact) mass is 270 g/mol. The van der Waals surface area contributed by atoms with E-state index in [-0.39, 0.29) is 11.8 Å². The highest BCUT2D eigenvalue weighted by Gasteiger charge is 2.04. The summed E-state index contributed by atoms with van der Waals surface area (Å²) in [6.07, 6.45) is 3.03. The molecule has 0 atom stereocenters. The molecule has 1 aromatic carbocycles. The predicted molar refractivity (Wildman–Crippen MR) is 74.3 cm³/mol. The van der Waals surface area contributed by atoms with Crippen molar-refractivity contribution in [3.05, 3.63) is 54.1 Å². The van der Waals surface area contributed by atoms with E-state index in [9.17, 15) is 9.59 Å². The highest BCUT2D eigenvalue weighted by molar-refractivity contribution is 5.96. The third-order valence-electron chi connectivity index (χ3n) is 2.60. The van der Waals surface area contributed by atoms with Crippen molar-refractivity contribution < 1.29 is 9.59 Å². The number of anilines is 1. The fourth-order valence-electron chi connectivity index (χ4n) is 1.58. The molecule has 0 spiro atoms.